The van der Waals surface area contributed by atoms with E-state index in [1.54, 1.807) is 65.6 Å². The van der Waals surface area contributed by atoms with E-state index in [4.69, 9.17) is 16.0 Å². The zero-order chi connectivity index (χ0) is 23.9. The van der Waals surface area contributed by atoms with Crippen molar-refractivity contribution in [3.63, 3.8) is 0 Å². The van der Waals surface area contributed by atoms with Gasteiger partial charge in [-0.05, 0) is 55.0 Å². The predicted molar refractivity (Wildman–Crippen MR) is 131 cm³/mol. The van der Waals surface area contributed by atoms with Gasteiger partial charge in [0.25, 0.3) is 11.8 Å². The molecule has 4 rings (SSSR count). The smallest absolute Gasteiger partial charge is 0.255 e. The SMILES string of the molecule is CCCN(Cc1nnc(-c2ccccc2Cl)o1)C(=O)c1ccc(NC(=O)c2ccccc2)cc1. The van der Waals surface area contributed by atoms with Crippen molar-refractivity contribution < 1.29 is 14.0 Å². The maximum Gasteiger partial charge on any atom is 0.255 e. The van der Waals surface area contributed by atoms with E-state index in [1.807, 2.05) is 25.1 Å². The van der Waals surface area contributed by atoms with Gasteiger partial charge >= 0.3 is 0 Å². The number of amides is 2. The molecule has 0 fully saturated rings. The summed E-state index contributed by atoms with van der Waals surface area (Å²) in [6.45, 7) is 2.69. The molecule has 172 valence electrons. The molecule has 8 heteroatoms. The van der Waals surface area contributed by atoms with Gasteiger partial charge in [-0.3, -0.25) is 9.59 Å². The van der Waals surface area contributed by atoms with Crippen molar-refractivity contribution in [2.45, 2.75) is 19.9 Å². The first-order valence-corrected chi connectivity index (χ1v) is 11.3. The molecule has 0 bridgehead atoms. The molecule has 0 saturated heterocycles. The molecule has 0 saturated carbocycles. The number of nitrogens with zero attached hydrogens (tertiary/aromatic N) is 3. The van der Waals surface area contributed by atoms with E-state index in [9.17, 15) is 9.59 Å². The van der Waals surface area contributed by atoms with Gasteiger partial charge in [-0.1, -0.05) is 48.9 Å². The summed E-state index contributed by atoms with van der Waals surface area (Å²) < 4.78 is 5.77. The summed E-state index contributed by atoms with van der Waals surface area (Å²) >= 11 is 6.21. The number of carbonyl (C=O) groups is 2. The number of carbonyl (C=O) groups excluding carboxylic acids is 2. The fourth-order valence-corrected chi connectivity index (χ4v) is 3.63. The number of hydrogen-bond acceptors (Lipinski definition) is 5. The Morgan fingerprint density at radius 1 is 0.912 bits per heavy atom. The van der Waals surface area contributed by atoms with Crippen LogP contribution in [0.4, 0.5) is 5.69 Å². The van der Waals surface area contributed by atoms with Crippen molar-refractivity contribution in [1.82, 2.24) is 15.1 Å². The highest BCUT2D eigenvalue weighted by Gasteiger charge is 2.20. The predicted octanol–water partition coefficient (Wildman–Crippen LogP) is 5.69. The van der Waals surface area contributed by atoms with Gasteiger partial charge in [0.1, 0.15) is 0 Å². The van der Waals surface area contributed by atoms with Gasteiger partial charge in [0.05, 0.1) is 17.1 Å². The molecule has 0 aliphatic carbocycles. The first-order chi connectivity index (χ1) is 16.5. The second kappa shape index (κ2) is 10.8. The molecule has 0 aliphatic rings. The first-order valence-electron chi connectivity index (χ1n) is 10.9. The van der Waals surface area contributed by atoms with E-state index < -0.39 is 0 Å². The highest BCUT2D eigenvalue weighted by Crippen LogP contribution is 2.26. The average molecular weight is 475 g/mol. The third-order valence-electron chi connectivity index (χ3n) is 5.10. The molecule has 7 nitrogen and oxygen atoms in total. The molecule has 4 aromatic rings. The van der Waals surface area contributed by atoms with Crippen LogP contribution in [0.2, 0.25) is 5.02 Å². The summed E-state index contributed by atoms with van der Waals surface area (Å²) in [6, 6.07) is 22.9. The van der Waals surface area contributed by atoms with E-state index in [0.29, 0.717) is 45.7 Å². The first kappa shape index (κ1) is 23.2. The molecule has 0 radical (unpaired) electrons. The van der Waals surface area contributed by atoms with Crippen molar-refractivity contribution in [3.8, 4) is 11.5 Å². The molecular weight excluding hydrogens is 452 g/mol. The monoisotopic (exact) mass is 474 g/mol. The van der Waals surface area contributed by atoms with Crippen LogP contribution in [0.1, 0.15) is 40.0 Å². The van der Waals surface area contributed by atoms with Crippen LogP contribution >= 0.6 is 11.6 Å². The molecule has 1 N–H and O–H groups in total. The number of nitrogens with one attached hydrogen (secondary N) is 1. The minimum atomic E-state index is -0.210. The second-order valence-corrected chi connectivity index (χ2v) is 8.01. The standard InChI is InChI=1S/C26H23ClN4O3/c1-2-16-31(17-23-29-30-25(34-23)21-10-6-7-11-22(21)27)26(33)19-12-14-20(15-13-19)28-24(32)18-8-4-3-5-9-18/h3-15H,2,16-17H2,1H3,(H,28,32). The maximum absolute atomic E-state index is 13.2. The lowest BCUT2D eigenvalue weighted by Gasteiger charge is -2.20. The van der Waals surface area contributed by atoms with Crippen LogP contribution in [0.5, 0.6) is 0 Å². The average Bonchev–Trinajstić information content (AvgIpc) is 3.33. The van der Waals surface area contributed by atoms with Crippen LogP contribution < -0.4 is 5.32 Å². The highest BCUT2D eigenvalue weighted by molar-refractivity contribution is 6.33. The van der Waals surface area contributed by atoms with Gasteiger partial charge in [-0.2, -0.15) is 0 Å². The Morgan fingerprint density at radius 3 is 2.32 bits per heavy atom. The summed E-state index contributed by atoms with van der Waals surface area (Å²) in [5, 5.41) is 11.5. The quantitative estimate of drug-likeness (QED) is 0.354. The van der Waals surface area contributed by atoms with Crippen LogP contribution in [0.25, 0.3) is 11.5 Å². The van der Waals surface area contributed by atoms with E-state index in [1.165, 1.54) is 0 Å². The second-order valence-electron chi connectivity index (χ2n) is 7.61. The lowest BCUT2D eigenvalue weighted by Crippen LogP contribution is -2.31. The molecule has 34 heavy (non-hydrogen) atoms. The summed E-state index contributed by atoms with van der Waals surface area (Å²) in [6.07, 6.45) is 0.766. The molecule has 1 aromatic heterocycles. The largest absolute Gasteiger partial charge is 0.419 e. The van der Waals surface area contributed by atoms with Gasteiger partial charge in [0, 0.05) is 23.4 Å². The zero-order valence-electron chi connectivity index (χ0n) is 18.6. The fourth-order valence-electron chi connectivity index (χ4n) is 3.42. The molecule has 1 heterocycles. The lowest BCUT2D eigenvalue weighted by molar-refractivity contribution is 0.0728. The Bertz CT molecular complexity index is 1270. The Labute approximate surface area is 202 Å². The van der Waals surface area contributed by atoms with E-state index in [-0.39, 0.29) is 18.4 Å². The van der Waals surface area contributed by atoms with Gasteiger partial charge in [0.2, 0.25) is 11.8 Å². The number of hydrogen-bond donors (Lipinski definition) is 1. The van der Waals surface area contributed by atoms with Crippen LogP contribution in [-0.2, 0) is 6.54 Å². The fraction of sp³-hybridized carbons (Fsp3) is 0.154. The van der Waals surface area contributed by atoms with Crippen molar-refractivity contribution >= 4 is 29.1 Å². The topological polar surface area (TPSA) is 88.3 Å². The number of anilines is 1. The molecular formula is C26H23ClN4O3. The summed E-state index contributed by atoms with van der Waals surface area (Å²) in [5.74, 6) is 0.254. The van der Waals surface area contributed by atoms with Crippen molar-refractivity contribution in [2.24, 2.45) is 0 Å². The molecule has 0 aliphatic heterocycles. The van der Waals surface area contributed by atoms with Crippen LogP contribution in [0, 0.1) is 0 Å². The molecule has 0 unspecified atom stereocenters. The highest BCUT2D eigenvalue weighted by atomic mass is 35.5. The number of benzene rings is 3. The van der Waals surface area contributed by atoms with Crippen LogP contribution in [0.15, 0.2) is 83.3 Å². The van der Waals surface area contributed by atoms with E-state index in [2.05, 4.69) is 15.5 Å². The zero-order valence-corrected chi connectivity index (χ0v) is 19.3. The summed E-state index contributed by atoms with van der Waals surface area (Å²) in [5.41, 5.74) is 2.31. The third kappa shape index (κ3) is 5.50. The lowest BCUT2D eigenvalue weighted by atomic mass is 10.1. The Kier molecular flexibility index (Phi) is 7.34. The molecule has 0 spiro atoms. The van der Waals surface area contributed by atoms with Crippen LogP contribution in [-0.4, -0.2) is 33.5 Å². The normalized spacial score (nSPS) is 10.6. The Hall–Kier alpha value is -3.97. The number of rotatable bonds is 8. The molecule has 0 atom stereocenters. The number of halogens is 1. The maximum atomic E-state index is 13.2. The van der Waals surface area contributed by atoms with E-state index >= 15 is 0 Å². The molecule has 3 aromatic carbocycles. The van der Waals surface area contributed by atoms with E-state index in [0.717, 1.165) is 6.42 Å². The van der Waals surface area contributed by atoms with Gasteiger partial charge in [-0.25, -0.2) is 0 Å². The minimum Gasteiger partial charge on any atom is -0.419 e. The summed E-state index contributed by atoms with van der Waals surface area (Å²) in [7, 11) is 0. The van der Waals surface area contributed by atoms with Crippen LogP contribution in [0.3, 0.4) is 0 Å². The number of aromatic nitrogens is 2. The minimum absolute atomic E-state index is 0.166. The van der Waals surface area contributed by atoms with Gasteiger partial charge < -0.3 is 14.6 Å². The van der Waals surface area contributed by atoms with Crippen molar-refractivity contribution in [1.29, 1.82) is 0 Å². The van der Waals surface area contributed by atoms with Crippen molar-refractivity contribution in [2.75, 3.05) is 11.9 Å². The molecule has 2 amide bonds. The van der Waals surface area contributed by atoms with Gasteiger partial charge in [0.15, 0.2) is 0 Å². The third-order valence-corrected chi connectivity index (χ3v) is 5.43. The summed E-state index contributed by atoms with van der Waals surface area (Å²) in [4.78, 5) is 27.1. The van der Waals surface area contributed by atoms with Gasteiger partial charge in [-0.15, -0.1) is 10.2 Å². The Balaban J connectivity index is 1.45. The van der Waals surface area contributed by atoms with Crippen molar-refractivity contribution in [3.05, 3.63) is 101 Å². The Morgan fingerprint density at radius 2 is 1.62 bits per heavy atom.